The predicted octanol–water partition coefficient (Wildman–Crippen LogP) is 1.37. The monoisotopic (exact) mass is 193 g/mol. The van der Waals surface area contributed by atoms with Crippen LogP contribution in [0.15, 0.2) is 18.3 Å². The molecule has 0 aromatic carbocycles. The van der Waals surface area contributed by atoms with E-state index in [2.05, 4.69) is 34.3 Å². The summed E-state index contributed by atoms with van der Waals surface area (Å²) >= 11 is 0. The number of nitrogens with one attached hydrogen (secondary N) is 2. The van der Waals surface area contributed by atoms with Gasteiger partial charge in [0.05, 0.1) is 0 Å². The van der Waals surface area contributed by atoms with Gasteiger partial charge in [-0.3, -0.25) is 4.90 Å². The number of rotatable bonds is 3. The van der Waals surface area contributed by atoms with Crippen LogP contribution in [-0.2, 0) is 0 Å². The Bertz CT molecular complexity index is 250. The minimum Gasteiger partial charge on any atom is -0.364 e. The molecular formula is C11H19N3. The Morgan fingerprint density at radius 1 is 1.43 bits per heavy atom. The number of aromatic amines is 1. The summed E-state index contributed by atoms with van der Waals surface area (Å²) in [6.07, 6.45) is 3.20. The Balaban J connectivity index is 2.04. The number of hydrogen-bond donors (Lipinski definition) is 2. The van der Waals surface area contributed by atoms with Crippen LogP contribution in [-0.4, -0.2) is 36.1 Å². The van der Waals surface area contributed by atoms with E-state index >= 15 is 0 Å². The second-order valence-electron chi connectivity index (χ2n) is 3.84. The van der Waals surface area contributed by atoms with Gasteiger partial charge in [-0.2, -0.15) is 0 Å². The minimum atomic E-state index is 0.576. The Kier molecular flexibility index (Phi) is 3.22. The number of aromatic nitrogens is 1. The van der Waals surface area contributed by atoms with Crippen molar-refractivity contribution in [3.63, 3.8) is 0 Å². The van der Waals surface area contributed by atoms with E-state index in [1.165, 1.54) is 12.1 Å². The Labute approximate surface area is 85.5 Å². The number of H-pyrrole nitrogens is 1. The summed E-state index contributed by atoms with van der Waals surface area (Å²) in [6.45, 7) is 6.83. The first kappa shape index (κ1) is 9.74. The van der Waals surface area contributed by atoms with Crippen molar-refractivity contribution in [1.29, 1.82) is 0 Å². The predicted molar refractivity (Wildman–Crippen MR) is 58.3 cm³/mol. The van der Waals surface area contributed by atoms with E-state index in [0.717, 1.165) is 26.2 Å². The Hall–Kier alpha value is -0.800. The molecule has 2 heterocycles. The molecule has 0 saturated carbocycles. The summed E-state index contributed by atoms with van der Waals surface area (Å²) in [7, 11) is 0. The zero-order valence-electron chi connectivity index (χ0n) is 8.79. The van der Waals surface area contributed by atoms with E-state index in [0.29, 0.717) is 6.04 Å². The van der Waals surface area contributed by atoms with Crippen LogP contribution in [0.4, 0.5) is 0 Å². The topological polar surface area (TPSA) is 31.1 Å². The lowest BCUT2D eigenvalue weighted by atomic mass is 10.1. The Morgan fingerprint density at radius 3 is 2.79 bits per heavy atom. The van der Waals surface area contributed by atoms with E-state index in [1.807, 2.05) is 6.20 Å². The molecule has 0 spiro atoms. The largest absolute Gasteiger partial charge is 0.364 e. The highest BCUT2D eigenvalue weighted by Gasteiger charge is 2.20. The number of piperazine rings is 1. The molecule has 0 aliphatic carbocycles. The van der Waals surface area contributed by atoms with Crippen LogP contribution in [0.3, 0.4) is 0 Å². The summed E-state index contributed by atoms with van der Waals surface area (Å²) in [6, 6.07) is 4.85. The fraction of sp³-hybridized carbons (Fsp3) is 0.636. The first-order valence-electron chi connectivity index (χ1n) is 5.50. The molecule has 0 radical (unpaired) electrons. The van der Waals surface area contributed by atoms with Crippen molar-refractivity contribution < 1.29 is 0 Å². The van der Waals surface area contributed by atoms with Crippen LogP contribution >= 0.6 is 0 Å². The highest BCUT2D eigenvalue weighted by atomic mass is 15.2. The first-order chi connectivity index (χ1) is 6.92. The lowest BCUT2D eigenvalue weighted by molar-refractivity contribution is 0.166. The molecule has 1 atom stereocenters. The van der Waals surface area contributed by atoms with Crippen LogP contribution in [0.2, 0.25) is 0 Å². The van der Waals surface area contributed by atoms with Crippen molar-refractivity contribution in [2.45, 2.75) is 19.4 Å². The molecule has 0 unspecified atom stereocenters. The molecule has 78 valence electrons. The molecular weight excluding hydrogens is 174 g/mol. The highest BCUT2D eigenvalue weighted by molar-refractivity contribution is 5.09. The van der Waals surface area contributed by atoms with Gasteiger partial charge in [0, 0.05) is 44.1 Å². The van der Waals surface area contributed by atoms with E-state index < -0.39 is 0 Å². The van der Waals surface area contributed by atoms with Gasteiger partial charge < -0.3 is 10.3 Å². The first-order valence-corrected chi connectivity index (χ1v) is 5.50. The van der Waals surface area contributed by atoms with Crippen LogP contribution < -0.4 is 5.32 Å². The average Bonchev–Trinajstić information content (AvgIpc) is 2.74. The maximum Gasteiger partial charge on any atom is 0.0496 e. The number of hydrogen-bond acceptors (Lipinski definition) is 2. The summed E-state index contributed by atoms with van der Waals surface area (Å²) < 4.78 is 0. The lowest BCUT2D eigenvalue weighted by Crippen LogP contribution is -2.45. The SMILES string of the molecule is CC[C@@H](c1ccc[nH]1)N1CCNCC1. The summed E-state index contributed by atoms with van der Waals surface area (Å²) in [4.78, 5) is 5.88. The third-order valence-corrected chi connectivity index (χ3v) is 2.96. The normalized spacial score (nSPS) is 20.9. The van der Waals surface area contributed by atoms with E-state index in [9.17, 15) is 0 Å². The molecule has 1 aliphatic rings. The smallest absolute Gasteiger partial charge is 0.0496 e. The molecule has 3 heteroatoms. The molecule has 1 aromatic heterocycles. The van der Waals surface area contributed by atoms with Gasteiger partial charge in [-0.1, -0.05) is 6.92 Å². The average molecular weight is 193 g/mol. The van der Waals surface area contributed by atoms with E-state index in [-0.39, 0.29) is 0 Å². The van der Waals surface area contributed by atoms with E-state index in [1.54, 1.807) is 0 Å². The zero-order valence-corrected chi connectivity index (χ0v) is 8.79. The van der Waals surface area contributed by atoms with Crippen LogP contribution in [0.25, 0.3) is 0 Å². The summed E-state index contributed by atoms with van der Waals surface area (Å²) in [5.41, 5.74) is 1.36. The molecule has 2 rings (SSSR count). The van der Waals surface area contributed by atoms with Gasteiger partial charge in [0.1, 0.15) is 0 Å². The molecule has 3 nitrogen and oxygen atoms in total. The van der Waals surface area contributed by atoms with Gasteiger partial charge >= 0.3 is 0 Å². The second-order valence-corrected chi connectivity index (χ2v) is 3.84. The van der Waals surface area contributed by atoms with Crippen LogP contribution in [0.5, 0.6) is 0 Å². The molecule has 1 saturated heterocycles. The van der Waals surface area contributed by atoms with Crippen molar-refractivity contribution in [2.24, 2.45) is 0 Å². The maximum atomic E-state index is 3.39. The van der Waals surface area contributed by atoms with Crippen molar-refractivity contribution in [3.05, 3.63) is 24.0 Å². The molecule has 2 N–H and O–H groups in total. The third-order valence-electron chi connectivity index (χ3n) is 2.96. The summed E-state index contributed by atoms with van der Waals surface area (Å²) in [5, 5.41) is 3.39. The van der Waals surface area contributed by atoms with Crippen molar-refractivity contribution in [2.75, 3.05) is 26.2 Å². The molecule has 1 fully saturated rings. The number of nitrogens with zero attached hydrogens (tertiary/aromatic N) is 1. The molecule has 14 heavy (non-hydrogen) atoms. The van der Waals surface area contributed by atoms with Gasteiger partial charge in [0.25, 0.3) is 0 Å². The lowest BCUT2D eigenvalue weighted by Gasteiger charge is -2.33. The van der Waals surface area contributed by atoms with Crippen molar-refractivity contribution in [3.8, 4) is 0 Å². The molecule has 0 bridgehead atoms. The van der Waals surface area contributed by atoms with Crippen molar-refractivity contribution >= 4 is 0 Å². The molecule has 1 aromatic rings. The fourth-order valence-electron chi connectivity index (χ4n) is 2.22. The molecule has 0 amide bonds. The van der Waals surface area contributed by atoms with Crippen LogP contribution in [0.1, 0.15) is 25.1 Å². The quantitative estimate of drug-likeness (QED) is 0.759. The van der Waals surface area contributed by atoms with Gasteiger partial charge in [0.2, 0.25) is 0 Å². The van der Waals surface area contributed by atoms with Gasteiger partial charge in [-0.15, -0.1) is 0 Å². The Morgan fingerprint density at radius 2 is 2.21 bits per heavy atom. The maximum absolute atomic E-state index is 3.39. The summed E-state index contributed by atoms with van der Waals surface area (Å²) in [5.74, 6) is 0. The van der Waals surface area contributed by atoms with E-state index in [4.69, 9.17) is 0 Å². The van der Waals surface area contributed by atoms with Gasteiger partial charge in [0.15, 0.2) is 0 Å². The minimum absolute atomic E-state index is 0.576. The highest BCUT2D eigenvalue weighted by Crippen LogP contribution is 2.22. The fourth-order valence-corrected chi connectivity index (χ4v) is 2.22. The van der Waals surface area contributed by atoms with Gasteiger partial charge in [-0.25, -0.2) is 0 Å². The second kappa shape index (κ2) is 4.62. The zero-order chi connectivity index (χ0) is 9.80. The standard InChI is InChI=1S/C11H19N3/c1-2-11(10-4-3-5-13-10)14-8-6-12-7-9-14/h3-5,11-13H,2,6-9H2,1H3/t11-/m0/s1. The third kappa shape index (κ3) is 1.99. The van der Waals surface area contributed by atoms with Gasteiger partial charge in [-0.05, 0) is 18.6 Å². The molecule has 1 aliphatic heterocycles. The van der Waals surface area contributed by atoms with Crippen molar-refractivity contribution in [1.82, 2.24) is 15.2 Å². The van der Waals surface area contributed by atoms with Crippen LogP contribution in [0, 0.1) is 0 Å².